The lowest BCUT2D eigenvalue weighted by Crippen LogP contribution is -2.36. The van der Waals surface area contributed by atoms with Crippen molar-refractivity contribution < 1.29 is 18.7 Å². The van der Waals surface area contributed by atoms with E-state index in [4.69, 9.17) is 4.74 Å². The first-order chi connectivity index (χ1) is 10.6. The molecule has 1 aliphatic rings. The maximum atomic E-state index is 13.1. The van der Waals surface area contributed by atoms with E-state index < -0.39 is 6.04 Å². The molecule has 0 bridgehead atoms. The highest BCUT2D eigenvalue weighted by Crippen LogP contribution is 2.20. The molecule has 1 aliphatic heterocycles. The Morgan fingerprint density at radius 3 is 2.73 bits per heavy atom. The van der Waals surface area contributed by atoms with Gasteiger partial charge in [-0.3, -0.25) is 9.59 Å². The second-order valence-electron chi connectivity index (χ2n) is 5.31. The van der Waals surface area contributed by atoms with Gasteiger partial charge in [0.1, 0.15) is 5.82 Å². The van der Waals surface area contributed by atoms with Crippen LogP contribution in [0.25, 0.3) is 0 Å². The van der Waals surface area contributed by atoms with Crippen LogP contribution in [0.2, 0.25) is 0 Å². The third-order valence-electron chi connectivity index (χ3n) is 3.70. The fourth-order valence-electron chi connectivity index (χ4n) is 2.50. The van der Waals surface area contributed by atoms with E-state index in [1.165, 1.54) is 12.1 Å². The van der Waals surface area contributed by atoms with Gasteiger partial charge in [-0.2, -0.15) is 0 Å². The van der Waals surface area contributed by atoms with Gasteiger partial charge in [-0.05, 0) is 37.6 Å². The summed E-state index contributed by atoms with van der Waals surface area (Å²) in [5, 5.41) is 6.01. The molecule has 2 unspecified atom stereocenters. The molecule has 120 valence electrons. The number of esters is 1. The van der Waals surface area contributed by atoms with Crippen molar-refractivity contribution in [2.75, 3.05) is 19.7 Å². The lowest BCUT2D eigenvalue weighted by atomic mass is 10.0. The topological polar surface area (TPSA) is 67.4 Å². The number of ether oxygens (including phenoxy) is 1. The van der Waals surface area contributed by atoms with Crippen molar-refractivity contribution in [3.63, 3.8) is 0 Å². The number of nitrogens with one attached hydrogen (secondary N) is 2. The Kier molecular flexibility index (Phi) is 5.89. The van der Waals surface area contributed by atoms with Crippen molar-refractivity contribution in [1.29, 1.82) is 0 Å². The first-order valence-electron chi connectivity index (χ1n) is 7.52. The van der Waals surface area contributed by atoms with Crippen LogP contribution in [0.5, 0.6) is 0 Å². The largest absolute Gasteiger partial charge is 0.466 e. The molecule has 22 heavy (non-hydrogen) atoms. The smallest absolute Gasteiger partial charge is 0.308 e. The summed E-state index contributed by atoms with van der Waals surface area (Å²) in [6.45, 7) is 3.47. The molecule has 0 saturated carbocycles. The van der Waals surface area contributed by atoms with Gasteiger partial charge in [-0.25, -0.2) is 4.39 Å². The Bertz CT molecular complexity index is 513. The molecule has 0 aromatic heterocycles. The molecule has 0 spiro atoms. The number of hydrogen-bond donors (Lipinski definition) is 2. The summed E-state index contributed by atoms with van der Waals surface area (Å²) in [6, 6.07) is 5.28. The molecule has 5 nitrogen and oxygen atoms in total. The normalized spacial score (nSPS) is 18.7. The van der Waals surface area contributed by atoms with Crippen LogP contribution in [-0.4, -0.2) is 31.6 Å². The Balaban J connectivity index is 2.08. The Morgan fingerprint density at radius 2 is 2.14 bits per heavy atom. The van der Waals surface area contributed by atoms with Crippen LogP contribution in [0.15, 0.2) is 24.3 Å². The van der Waals surface area contributed by atoms with E-state index in [1.807, 2.05) is 0 Å². The quantitative estimate of drug-likeness (QED) is 0.782. The third kappa shape index (κ3) is 4.53. The van der Waals surface area contributed by atoms with E-state index in [1.54, 1.807) is 19.1 Å². The van der Waals surface area contributed by atoms with E-state index in [0.29, 0.717) is 12.1 Å². The first kappa shape index (κ1) is 16.4. The number of amides is 1. The fraction of sp³-hybridized carbons (Fsp3) is 0.500. The molecule has 2 rings (SSSR count). The van der Waals surface area contributed by atoms with Crippen molar-refractivity contribution >= 4 is 11.9 Å². The number of halogens is 1. The van der Waals surface area contributed by atoms with Gasteiger partial charge in [0.2, 0.25) is 5.91 Å². The maximum Gasteiger partial charge on any atom is 0.308 e. The molecule has 0 radical (unpaired) electrons. The highest BCUT2D eigenvalue weighted by Gasteiger charge is 2.26. The van der Waals surface area contributed by atoms with E-state index in [-0.39, 0.29) is 36.6 Å². The van der Waals surface area contributed by atoms with Crippen LogP contribution in [0, 0.1) is 11.7 Å². The molecular weight excluding hydrogens is 287 g/mol. The summed E-state index contributed by atoms with van der Waals surface area (Å²) in [5.74, 6) is -0.930. The Hall–Kier alpha value is -1.95. The zero-order valence-electron chi connectivity index (χ0n) is 12.6. The van der Waals surface area contributed by atoms with Crippen LogP contribution in [-0.2, 0) is 14.3 Å². The molecule has 1 amide bonds. The van der Waals surface area contributed by atoms with Crippen LogP contribution in [0.1, 0.15) is 31.4 Å². The molecule has 6 heteroatoms. The van der Waals surface area contributed by atoms with Crippen LogP contribution in [0.3, 0.4) is 0 Å². The number of benzene rings is 1. The Morgan fingerprint density at radius 1 is 1.41 bits per heavy atom. The lowest BCUT2D eigenvalue weighted by Gasteiger charge is -2.20. The summed E-state index contributed by atoms with van der Waals surface area (Å²) in [4.78, 5) is 24.0. The van der Waals surface area contributed by atoms with Crippen molar-refractivity contribution in [2.24, 2.45) is 5.92 Å². The number of hydrogen-bond acceptors (Lipinski definition) is 4. The highest BCUT2D eigenvalue weighted by molar-refractivity contribution is 5.80. The standard InChI is InChI=1S/C16H21FN2O3/c1-2-22-15(20)9-14(11-3-5-13(17)6-4-11)19-16(21)12-7-8-18-10-12/h3-6,12,14,18H,2,7-10H2,1H3,(H,19,21). The Labute approximate surface area is 129 Å². The summed E-state index contributed by atoms with van der Waals surface area (Å²) < 4.78 is 18.0. The van der Waals surface area contributed by atoms with E-state index in [2.05, 4.69) is 10.6 Å². The molecule has 1 aromatic carbocycles. The minimum Gasteiger partial charge on any atom is -0.466 e. The number of carbonyl (C=O) groups excluding carboxylic acids is 2. The predicted octanol–water partition coefficient (Wildman–Crippen LogP) is 1.55. The van der Waals surface area contributed by atoms with Crippen LogP contribution in [0.4, 0.5) is 4.39 Å². The van der Waals surface area contributed by atoms with E-state index in [0.717, 1.165) is 13.0 Å². The summed E-state index contributed by atoms with van der Waals surface area (Å²) in [5.41, 5.74) is 0.689. The van der Waals surface area contributed by atoms with Gasteiger partial charge in [0, 0.05) is 6.54 Å². The van der Waals surface area contributed by atoms with Gasteiger partial charge in [-0.1, -0.05) is 12.1 Å². The van der Waals surface area contributed by atoms with Crippen LogP contribution < -0.4 is 10.6 Å². The van der Waals surface area contributed by atoms with Gasteiger partial charge in [0.25, 0.3) is 0 Å². The molecule has 1 heterocycles. The number of rotatable bonds is 6. The van der Waals surface area contributed by atoms with Gasteiger partial charge in [-0.15, -0.1) is 0 Å². The lowest BCUT2D eigenvalue weighted by molar-refractivity contribution is -0.143. The van der Waals surface area contributed by atoms with E-state index >= 15 is 0 Å². The average molecular weight is 308 g/mol. The van der Waals surface area contributed by atoms with Crippen molar-refractivity contribution in [3.05, 3.63) is 35.6 Å². The van der Waals surface area contributed by atoms with Crippen molar-refractivity contribution in [3.8, 4) is 0 Å². The fourth-order valence-corrected chi connectivity index (χ4v) is 2.50. The maximum absolute atomic E-state index is 13.1. The third-order valence-corrected chi connectivity index (χ3v) is 3.70. The molecule has 1 saturated heterocycles. The second kappa shape index (κ2) is 7.89. The zero-order chi connectivity index (χ0) is 15.9. The average Bonchev–Trinajstić information content (AvgIpc) is 3.02. The second-order valence-corrected chi connectivity index (χ2v) is 5.31. The van der Waals surface area contributed by atoms with Gasteiger partial charge >= 0.3 is 5.97 Å². The zero-order valence-corrected chi connectivity index (χ0v) is 12.6. The van der Waals surface area contributed by atoms with E-state index in [9.17, 15) is 14.0 Å². The monoisotopic (exact) mass is 308 g/mol. The van der Waals surface area contributed by atoms with Gasteiger partial charge < -0.3 is 15.4 Å². The molecular formula is C16H21FN2O3. The number of carbonyl (C=O) groups is 2. The SMILES string of the molecule is CCOC(=O)CC(NC(=O)C1CCNC1)c1ccc(F)cc1. The van der Waals surface area contributed by atoms with Crippen LogP contribution >= 0.6 is 0 Å². The summed E-state index contributed by atoms with van der Waals surface area (Å²) in [7, 11) is 0. The summed E-state index contributed by atoms with van der Waals surface area (Å²) >= 11 is 0. The first-order valence-corrected chi connectivity index (χ1v) is 7.52. The molecule has 2 atom stereocenters. The van der Waals surface area contributed by atoms with Gasteiger partial charge in [0.05, 0.1) is 25.0 Å². The highest BCUT2D eigenvalue weighted by atomic mass is 19.1. The van der Waals surface area contributed by atoms with Gasteiger partial charge in [0.15, 0.2) is 0 Å². The van der Waals surface area contributed by atoms with Crippen molar-refractivity contribution in [2.45, 2.75) is 25.8 Å². The molecule has 1 fully saturated rings. The molecule has 2 N–H and O–H groups in total. The van der Waals surface area contributed by atoms with Crippen molar-refractivity contribution in [1.82, 2.24) is 10.6 Å². The predicted molar refractivity (Wildman–Crippen MR) is 79.5 cm³/mol. The summed E-state index contributed by atoms with van der Waals surface area (Å²) in [6.07, 6.45) is 0.812. The molecule has 0 aliphatic carbocycles. The minimum absolute atomic E-state index is 0.0331. The minimum atomic E-state index is -0.507. The molecule has 1 aromatic rings.